The molecule has 1 aliphatic carbocycles. The van der Waals surface area contributed by atoms with Crippen LogP contribution in [-0.4, -0.2) is 36.7 Å². The summed E-state index contributed by atoms with van der Waals surface area (Å²) in [6.45, 7) is 4.89. The molecule has 0 spiro atoms. The van der Waals surface area contributed by atoms with Crippen LogP contribution in [0.1, 0.15) is 39.5 Å². The maximum Gasteiger partial charge on any atom is 0.249 e. The van der Waals surface area contributed by atoms with Crippen LogP contribution in [-0.2, 0) is 9.53 Å². The lowest BCUT2D eigenvalue weighted by Crippen LogP contribution is -2.45. The number of amides is 1. The van der Waals surface area contributed by atoms with Crippen molar-refractivity contribution in [1.29, 1.82) is 0 Å². The first-order chi connectivity index (χ1) is 7.65. The lowest BCUT2D eigenvalue weighted by molar-refractivity contribution is -0.136. The predicted molar refractivity (Wildman–Crippen MR) is 62.2 cm³/mol. The Morgan fingerprint density at radius 2 is 2.12 bits per heavy atom. The molecule has 1 aliphatic heterocycles. The van der Waals surface area contributed by atoms with Crippen LogP contribution in [0.3, 0.4) is 0 Å². The van der Waals surface area contributed by atoms with E-state index in [0.717, 1.165) is 32.2 Å². The van der Waals surface area contributed by atoms with Gasteiger partial charge in [0.1, 0.15) is 6.10 Å². The summed E-state index contributed by atoms with van der Waals surface area (Å²) in [5.41, 5.74) is 0. The minimum atomic E-state index is -0.319. The second kappa shape index (κ2) is 5.15. The van der Waals surface area contributed by atoms with Crippen LogP contribution in [0.4, 0.5) is 0 Å². The highest BCUT2D eigenvalue weighted by Gasteiger charge is 2.28. The molecule has 0 aromatic carbocycles. The van der Waals surface area contributed by atoms with E-state index in [9.17, 15) is 4.79 Å². The maximum absolute atomic E-state index is 11.7. The molecule has 4 nitrogen and oxygen atoms in total. The Morgan fingerprint density at radius 1 is 1.38 bits per heavy atom. The Bertz CT molecular complexity index is 245. The summed E-state index contributed by atoms with van der Waals surface area (Å²) in [4.78, 5) is 11.7. The molecule has 2 fully saturated rings. The molecule has 2 N–H and O–H groups in total. The van der Waals surface area contributed by atoms with E-state index in [-0.39, 0.29) is 18.1 Å². The molecule has 0 bridgehead atoms. The van der Waals surface area contributed by atoms with Crippen molar-refractivity contribution in [3.8, 4) is 0 Å². The molecule has 1 saturated carbocycles. The molecule has 2 aliphatic rings. The number of hydrogen-bond acceptors (Lipinski definition) is 3. The smallest absolute Gasteiger partial charge is 0.249 e. The molecule has 1 saturated heterocycles. The molecule has 2 rings (SSSR count). The molecule has 0 aromatic heterocycles. The summed E-state index contributed by atoms with van der Waals surface area (Å²) >= 11 is 0. The van der Waals surface area contributed by atoms with Crippen LogP contribution in [0.15, 0.2) is 0 Å². The topological polar surface area (TPSA) is 50.4 Å². The van der Waals surface area contributed by atoms with Gasteiger partial charge < -0.3 is 15.4 Å². The Balaban J connectivity index is 1.69. The molecule has 0 radical (unpaired) electrons. The van der Waals surface area contributed by atoms with Crippen LogP contribution in [0.2, 0.25) is 0 Å². The lowest BCUT2D eigenvalue weighted by atomic mass is 10.0. The van der Waals surface area contributed by atoms with E-state index in [4.69, 9.17) is 4.74 Å². The van der Waals surface area contributed by atoms with E-state index in [1.807, 2.05) is 6.92 Å². The monoisotopic (exact) mass is 226 g/mol. The highest BCUT2D eigenvalue weighted by atomic mass is 16.5. The lowest BCUT2D eigenvalue weighted by Gasteiger charge is -2.29. The zero-order chi connectivity index (χ0) is 11.5. The van der Waals surface area contributed by atoms with Crippen molar-refractivity contribution in [1.82, 2.24) is 10.6 Å². The van der Waals surface area contributed by atoms with Gasteiger partial charge in [-0.25, -0.2) is 0 Å². The molecular formula is C12H22N2O2. The van der Waals surface area contributed by atoms with Crippen molar-refractivity contribution in [3.05, 3.63) is 0 Å². The van der Waals surface area contributed by atoms with Gasteiger partial charge in [0, 0.05) is 18.6 Å². The zero-order valence-electron chi connectivity index (χ0n) is 10.2. The number of carbonyl (C=O) groups excluding carboxylic acids is 1. The number of hydrogen-bond donors (Lipinski definition) is 2. The predicted octanol–water partition coefficient (Wildman–Crippen LogP) is 0.811. The van der Waals surface area contributed by atoms with Gasteiger partial charge in [-0.1, -0.05) is 0 Å². The SMILES string of the molecule is CC1CCC(OC(C)C(=O)NC2CC2)CN1. The van der Waals surface area contributed by atoms with E-state index >= 15 is 0 Å². The summed E-state index contributed by atoms with van der Waals surface area (Å²) in [5, 5.41) is 6.34. The van der Waals surface area contributed by atoms with Gasteiger partial charge in [0.25, 0.3) is 0 Å². The fourth-order valence-electron chi connectivity index (χ4n) is 1.99. The van der Waals surface area contributed by atoms with Gasteiger partial charge in [-0.2, -0.15) is 0 Å². The van der Waals surface area contributed by atoms with Crippen molar-refractivity contribution in [2.45, 2.75) is 63.8 Å². The minimum Gasteiger partial charge on any atom is -0.364 e. The minimum absolute atomic E-state index is 0.0427. The summed E-state index contributed by atoms with van der Waals surface area (Å²) in [7, 11) is 0. The molecule has 3 unspecified atom stereocenters. The molecule has 0 aromatic rings. The molecule has 1 amide bonds. The number of ether oxygens (including phenoxy) is 1. The molecule has 16 heavy (non-hydrogen) atoms. The number of nitrogens with one attached hydrogen (secondary N) is 2. The first-order valence-corrected chi connectivity index (χ1v) is 6.34. The Hall–Kier alpha value is -0.610. The van der Waals surface area contributed by atoms with E-state index < -0.39 is 0 Å². The first-order valence-electron chi connectivity index (χ1n) is 6.34. The fourth-order valence-corrected chi connectivity index (χ4v) is 1.99. The normalized spacial score (nSPS) is 32.1. The fraction of sp³-hybridized carbons (Fsp3) is 0.917. The largest absolute Gasteiger partial charge is 0.364 e. The first kappa shape index (κ1) is 11.9. The molecule has 3 atom stereocenters. The van der Waals surface area contributed by atoms with E-state index in [1.54, 1.807) is 0 Å². The van der Waals surface area contributed by atoms with E-state index in [1.165, 1.54) is 0 Å². The van der Waals surface area contributed by atoms with Gasteiger partial charge in [0.05, 0.1) is 6.10 Å². The third-order valence-corrected chi connectivity index (χ3v) is 3.31. The summed E-state index contributed by atoms with van der Waals surface area (Å²) in [5.74, 6) is 0.0427. The van der Waals surface area contributed by atoms with Crippen molar-refractivity contribution in [2.75, 3.05) is 6.54 Å². The van der Waals surface area contributed by atoms with Crippen molar-refractivity contribution in [2.24, 2.45) is 0 Å². The maximum atomic E-state index is 11.7. The molecular weight excluding hydrogens is 204 g/mol. The van der Waals surface area contributed by atoms with Crippen molar-refractivity contribution < 1.29 is 9.53 Å². The highest BCUT2D eigenvalue weighted by Crippen LogP contribution is 2.19. The average Bonchev–Trinajstić information content (AvgIpc) is 3.05. The second-order valence-electron chi connectivity index (χ2n) is 5.07. The van der Waals surface area contributed by atoms with Crippen molar-refractivity contribution >= 4 is 5.91 Å². The van der Waals surface area contributed by atoms with Gasteiger partial charge in [0.2, 0.25) is 5.91 Å². The highest BCUT2D eigenvalue weighted by molar-refractivity contribution is 5.80. The Kier molecular flexibility index (Phi) is 3.82. The number of carbonyl (C=O) groups is 1. The third-order valence-electron chi connectivity index (χ3n) is 3.31. The van der Waals surface area contributed by atoms with Crippen molar-refractivity contribution in [3.63, 3.8) is 0 Å². The van der Waals surface area contributed by atoms with Crippen LogP contribution < -0.4 is 10.6 Å². The number of piperidine rings is 1. The van der Waals surface area contributed by atoms with Crippen LogP contribution in [0.5, 0.6) is 0 Å². The molecule has 1 heterocycles. The van der Waals surface area contributed by atoms with Crippen LogP contribution in [0, 0.1) is 0 Å². The standard InChI is InChI=1S/C12H22N2O2/c1-8-3-6-11(7-13-8)16-9(2)12(15)14-10-4-5-10/h8-11,13H,3-7H2,1-2H3,(H,14,15). The summed E-state index contributed by atoms with van der Waals surface area (Å²) in [6.07, 6.45) is 4.30. The molecule has 92 valence electrons. The quantitative estimate of drug-likeness (QED) is 0.746. The van der Waals surface area contributed by atoms with Crippen LogP contribution in [0.25, 0.3) is 0 Å². The Labute approximate surface area is 97.1 Å². The summed E-state index contributed by atoms with van der Waals surface area (Å²) in [6, 6.07) is 0.999. The zero-order valence-corrected chi connectivity index (χ0v) is 10.2. The molecule has 4 heteroatoms. The van der Waals surface area contributed by atoms with Gasteiger partial charge in [-0.15, -0.1) is 0 Å². The third kappa shape index (κ3) is 3.46. The summed E-state index contributed by atoms with van der Waals surface area (Å²) < 4.78 is 5.76. The second-order valence-corrected chi connectivity index (χ2v) is 5.07. The van der Waals surface area contributed by atoms with Gasteiger partial charge >= 0.3 is 0 Å². The van der Waals surface area contributed by atoms with Gasteiger partial charge in [0.15, 0.2) is 0 Å². The van der Waals surface area contributed by atoms with Gasteiger partial charge in [-0.3, -0.25) is 4.79 Å². The Morgan fingerprint density at radius 3 is 2.69 bits per heavy atom. The van der Waals surface area contributed by atoms with Crippen LogP contribution >= 0.6 is 0 Å². The van der Waals surface area contributed by atoms with E-state index in [2.05, 4.69) is 17.6 Å². The average molecular weight is 226 g/mol. The van der Waals surface area contributed by atoms with Gasteiger partial charge in [-0.05, 0) is 39.5 Å². The van der Waals surface area contributed by atoms with E-state index in [0.29, 0.717) is 12.1 Å². The number of rotatable bonds is 4.